The van der Waals surface area contributed by atoms with Crippen LogP contribution in [0.5, 0.6) is 0 Å². The molecule has 90 valence electrons. The Labute approximate surface area is 99.8 Å². The molecule has 1 aromatic rings. The highest BCUT2D eigenvalue weighted by molar-refractivity contribution is 5.95. The van der Waals surface area contributed by atoms with Crippen LogP contribution in [0.25, 0.3) is 0 Å². The fourth-order valence-electron chi connectivity index (χ4n) is 2.03. The van der Waals surface area contributed by atoms with Crippen molar-refractivity contribution >= 4 is 18.1 Å². The van der Waals surface area contributed by atoms with E-state index in [0.29, 0.717) is 17.8 Å². The standard InChI is InChI=1S/C12H15N3O2/c1-9-6-10(7-11(14-9)13-8-16)12(17)15-4-2-3-5-15/h6-8H,2-5H2,1H3,(H,13,14,16). The van der Waals surface area contributed by atoms with Crippen molar-refractivity contribution in [1.82, 2.24) is 9.88 Å². The third kappa shape index (κ3) is 2.61. The molecule has 0 aliphatic carbocycles. The number of likely N-dealkylation sites (tertiary alicyclic amines) is 1. The van der Waals surface area contributed by atoms with Gasteiger partial charge in [-0.15, -0.1) is 0 Å². The summed E-state index contributed by atoms with van der Waals surface area (Å²) < 4.78 is 0. The summed E-state index contributed by atoms with van der Waals surface area (Å²) in [5, 5.41) is 2.47. The average Bonchev–Trinajstić information content (AvgIpc) is 2.81. The van der Waals surface area contributed by atoms with Gasteiger partial charge in [0.25, 0.3) is 5.91 Å². The number of aryl methyl sites for hydroxylation is 1. The van der Waals surface area contributed by atoms with Crippen molar-refractivity contribution in [3.8, 4) is 0 Å². The maximum absolute atomic E-state index is 12.1. The van der Waals surface area contributed by atoms with Crippen LogP contribution in [0.2, 0.25) is 0 Å². The van der Waals surface area contributed by atoms with E-state index >= 15 is 0 Å². The monoisotopic (exact) mass is 233 g/mol. The first kappa shape index (κ1) is 11.6. The quantitative estimate of drug-likeness (QED) is 0.798. The number of carbonyl (C=O) groups excluding carboxylic acids is 2. The fourth-order valence-corrected chi connectivity index (χ4v) is 2.03. The molecule has 0 spiro atoms. The number of pyridine rings is 1. The molecule has 1 fully saturated rings. The largest absolute Gasteiger partial charge is 0.339 e. The first-order valence-electron chi connectivity index (χ1n) is 5.69. The molecule has 0 radical (unpaired) electrons. The van der Waals surface area contributed by atoms with Crippen LogP contribution in [-0.4, -0.2) is 35.3 Å². The van der Waals surface area contributed by atoms with Gasteiger partial charge in [-0.1, -0.05) is 0 Å². The van der Waals surface area contributed by atoms with Crippen LogP contribution in [0.15, 0.2) is 12.1 Å². The summed E-state index contributed by atoms with van der Waals surface area (Å²) in [5.41, 5.74) is 1.31. The van der Waals surface area contributed by atoms with E-state index in [2.05, 4.69) is 10.3 Å². The molecule has 1 saturated heterocycles. The van der Waals surface area contributed by atoms with Crippen LogP contribution in [0, 0.1) is 6.92 Å². The molecule has 1 N–H and O–H groups in total. The highest BCUT2D eigenvalue weighted by Gasteiger charge is 2.20. The SMILES string of the molecule is Cc1cc(C(=O)N2CCCC2)cc(NC=O)n1. The van der Waals surface area contributed by atoms with Crippen molar-refractivity contribution in [3.05, 3.63) is 23.4 Å². The second-order valence-corrected chi connectivity index (χ2v) is 4.14. The Balaban J connectivity index is 2.24. The number of rotatable bonds is 3. The molecule has 5 heteroatoms. The maximum atomic E-state index is 12.1. The third-order valence-electron chi connectivity index (χ3n) is 2.80. The summed E-state index contributed by atoms with van der Waals surface area (Å²) in [5.74, 6) is 0.435. The second-order valence-electron chi connectivity index (χ2n) is 4.14. The Hall–Kier alpha value is -1.91. The van der Waals surface area contributed by atoms with Gasteiger partial charge in [0, 0.05) is 24.3 Å². The number of aromatic nitrogens is 1. The van der Waals surface area contributed by atoms with E-state index in [4.69, 9.17) is 0 Å². The number of amides is 2. The molecule has 0 saturated carbocycles. The number of nitrogens with zero attached hydrogens (tertiary/aromatic N) is 2. The van der Waals surface area contributed by atoms with Gasteiger partial charge >= 0.3 is 0 Å². The van der Waals surface area contributed by atoms with Gasteiger partial charge in [-0.2, -0.15) is 0 Å². The summed E-state index contributed by atoms with van der Waals surface area (Å²) in [6, 6.07) is 3.36. The summed E-state index contributed by atoms with van der Waals surface area (Å²) in [7, 11) is 0. The summed E-state index contributed by atoms with van der Waals surface area (Å²) in [4.78, 5) is 28.5. The number of nitrogens with one attached hydrogen (secondary N) is 1. The van der Waals surface area contributed by atoms with Crippen molar-refractivity contribution < 1.29 is 9.59 Å². The number of hydrogen-bond donors (Lipinski definition) is 1. The molecule has 2 heterocycles. The maximum Gasteiger partial charge on any atom is 0.254 e. The first-order valence-corrected chi connectivity index (χ1v) is 5.69. The van der Waals surface area contributed by atoms with Gasteiger partial charge in [-0.25, -0.2) is 4.98 Å². The Morgan fingerprint density at radius 2 is 2.12 bits per heavy atom. The highest BCUT2D eigenvalue weighted by Crippen LogP contribution is 2.15. The molecule has 0 bridgehead atoms. The van der Waals surface area contributed by atoms with E-state index in [0.717, 1.165) is 31.6 Å². The van der Waals surface area contributed by atoms with E-state index in [1.807, 2.05) is 4.90 Å². The van der Waals surface area contributed by atoms with Crippen LogP contribution in [0.1, 0.15) is 28.9 Å². The summed E-state index contributed by atoms with van der Waals surface area (Å²) in [6.07, 6.45) is 2.69. The van der Waals surface area contributed by atoms with Gasteiger partial charge in [-0.05, 0) is 31.9 Å². The van der Waals surface area contributed by atoms with E-state index in [1.165, 1.54) is 0 Å². The number of carbonyl (C=O) groups is 2. The minimum atomic E-state index is 0.0157. The number of hydrogen-bond acceptors (Lipinski definition) is 3. The van der Waals surface area contributed by atoms with Gasteiger partial charge in [0.15, 0.2) is 0 Å². The smallest absolute Gasteiger partial charge is 0.254 e. The van der Waals surface area contributed by atoms with E-state index in [9.17, 15) is 9.59 Å². The minimum absolute atomic E-state index is 0.0157. The lowest BCUT2D eigenvalue weighted by molar-refractivity contribution is -0.105. The van der Waals surface area contributed by atoms with Gasteiger partial charge < -0.3 is 10.2 Å². The van der Waals surface area contributed by atoms with Gasteiger partial charge in [0.2, 0.25) is 6.41 Å². The van der Waals surface area contributed by atoms with Crippen molar-refractivity contribution in [2.24, 2.45) is 0 Å². The highest BCUT2D eigenvalue weighted by atomic mass is 16.2. The molecular weight excluding hydrogens is 218 g/mol. The van der Waals surface area contributed by atoms with Crippen LogP contribution >= 0.6 is 0 Å². The Kier molecular flexibility index (Phi) is 3.37. The van der Waals surface area contributed by atoms with Crippen molar-refractivity contribution in [2.75, 3.05) is 18.4 Å². The molecule has 1 aliphatic rings. The molecule has 1 aliphatic heterocycles. The Morgan fingerprint density at radius 1 is 1.41 bits per heavy atom. The van der Waals surface area contributed by atoms with Crippen LogP contribution in [-0.2, 0) is 4.79 Å². The molecule has 2 amide bonds. The van der Waals surface area contributed by atoms with Crippen LogP contribution < -0.4 is 5.32 Å². The Bertz CT molecular complexity index is 439. The van der Waals surface area contributed by atoms with Crippen molar-refractivity contribution in [1.29, 1.82) is 0 Å². The molecule has 2 rings (SSSR count). The van der Waals surface area contributed by atoms with Crippen molar-refractivity contribution in [2.45, 2.75) is 19.8 Å². The molecule has 17 heavy (non-hydrogen) atoms. The molecule has 5 nitrogen and oxygen atoms in total. The topological polar surface area (TPSA) is 62.3 Å². The van der Waals surface area contributed by atoms with Crippen LogP contribution in [0.3, 0.4) is 0 Å². The lowest BCUT2D eigenvalue weighted by Gasteiger charge is -2.15. The zero-order chi connectivity index (χ0) is 12.3. The van der Waals surface area contributed by atoms with Gasteiger partial charge in [0.1, 0.15) is 5.82 Å². The molecule has 1 aromatic heterocycles. The van der Waals surface area contributed by atoms with E-state index < -0.39 is 0 Å². The van der Waals surface area contributed by atoms with Gasteiger partial charge in [-0.3, -0.25) is 9.59 Å². The minimum Gasteiger partial charge on any atom is -0.339 e. The van der Waals surface area contributed by atoms with E-state index in [1.54, 1.807) is 19.1 Å². The third-order valence-corrected chi connectivity index (χ3v) is 2.80. The van der Waals surface area contributed by atoms with Crippen molar-refractivity contribution in [3.63, 3.8) is 0 Å². The normalized spacial score (nSPS) is 14.8. The van der Waals surface area contributed by atoms with E-state index in [-0.39, 0.29) is 5.91 Å². The molecule has 0 aromatic carbocycles. The second kappa shape index (κ2) is 4.95. The summed E-state index contributed by atoms with van der Waals surface area (Å²) in [6.45, 7) is 3.43. The Morgan fingerprint density at radius 3 is 2.76 bits per heavy atom. The predicted molar refractivity (Wildman–Crippen MR) is 63.8 cm³/mol. The zero-order valence-electron chi connectivity index (χ0n) is 9.77. The predicted octanol–water partition coefficient (Wildman–Crippen LogP) is 1.19. The first-order chi connectivity index (χ1) is 8.20. The number of anilines is 1. The fraction of sp³-hybridized carbons (Fsp3) is 0.417. The molecular formula is C12H15N3O2. The van der Waals surface area contributed by atoms with Gasteiger partial charge in [0.05, 0.1) is 0 Å². The molecule has 0 atom stereocenters. The average molecular weight is 233 g/mol. The lowest BCUT2D eigenvalue weighted by atomic mass is 10.2. The zero-order valence-corrected chi connectivity index (χ0v) is 9.77. The lowest BCUT2D eigenvalue weighted by Crippen LogP contribution is -2.27. The summed E-state index contributed by atoms with van der Waals surface area (Å²) >= 11 is 0. The van der Waals surface area contributed by atoms with Crippen LogP contribution in [0.4, 0.5) is 5.82 Å². The molecule has 0 unspecified atom stereocenters.